The fraction of sp³-hybridized carbons (Fsp3) is 0.560. The first-order valence-corrected chi connectivity index (χ1v) is 12.2. The molecule has 1 aromatic rings. The number of fused-ring (bicyclic) bond motifs is 3. The van der Waals surface area contributed by atoms with Gasteiger partial charge >= 0.3 is 6.03 Å². The number of benzene rings is 1. The zero-order valence-corrected chi connectivity index (χ0v) is 21.6. The molecule has 8 N–H and O–H groups in total. The number of rotatable bonds is 5. The van der Waals surface area contributed by atoms with E-state index in [0.717, 1.165) is 0 Å². The smallest absolute Gasteiger partial charge is 0.312 e. The molecule has 0 aromatic heterocycles. The van der Waals surface area contributed by atoms with Gasteiger partial charge in [0.25, 0.3) is 0 Å². The molecule has 38 heavy (non-hydrogen) atoms. The lowest BCUT2D eigenvalue weighted by atomic mass is 9.52. The Morgan fingerprint density at radius 2 is 1.76 bits per heavy atom. The van der Waals surface area contributed by atoms with Crippen molar-refractivity contribution < 1.29 is 39.3 Å². The van der Waals surface area contributed by atoms with Crippen molar-refractivity contribution in [3.63, 3.8) is 0 Å². The molecule has 0 spiro atoms. The van der Waals surface area contributed by atoms with Crippen molar-refractivity contribution in [1.29, 1.82) is 0 Å². The van der Waals surface area contributed by atoms with Crippen LogP contribution in [0, 0.1) is 23.7 Å². The molecule has 13 heteroatoms. The van der Waals surface area contributed by atoms with Crippen LogP contribution in [-0.4, -0.2) is 95.4 Å². The van der Waals surface area contributed by atoms with E-state index in [9.17, 15) is 39.3 Å². The maximum atomic E-state index is 13.9. The van der Waals surface area contributed by atoms with Gasteiger partial charge in [-0.05, 0) is 44.5 Å². The van der Waals surface area contributed by atoms with Crippen LogP contribution in [0.25, 0.3) is 0 Å². The predicted molar refractivity (Wildman–Crippen MR) is 133 cm³/mol. The summed E-state index contributed by atoms with van der Waals surface area (Å²) in [5.74, 6) is -9.74. The monoisotopic (exact) mass is 531 g/mol. The number of aliphatic hydroxyl groups excluding tert-OH is 1. The third-order valence-electron chi connectivity index (χ3n) is 8.28. The summed E-state index contributed by atoms with van der Waals surface area (Å²) in [6.07, 6.45) is -1.37. The first kappa shape index (κ1) is 27.5. The normalized spacial score (nSPS) is 32.3. The van der Waals surface area contributed by atoms with E-state index in [-0.39, 0.29) is 30.5 Å². The minimum absolute atomic E-state index is 0.0217. The van der Waals surface area contributed by atoms with Crippen LogP contribution in [0.1, 0.15) is 27.9 Å². The van der Waals surface area contributed by atoms with Crippen molar-refractivity contribution in [2.45, 2.75) is 37.1 Å². The molecule has 2 fully saturated rings. The standard InChI is InChI=1S/C25H33N5O8/c1-29(2)13-7-10(8-28-24(27)37)18(31)15-11(13)5-9-6-12-17(30(3)4)20(33)16(23(26)36)22(35)25(12,38)21(34)14(9)19(15)32/h7,9,12,14,16-17,20,31,33,38H,5-6,8H2,1-4H3,(H2,26,36)(H3,27,28,37)/t9-,12-,14?,16?,17-,20?,25-/m1/s1. The molecular weight excluding hydrogens is 498 g/mol. The van der Waals surface area contributed by atoms with Crippen molar-refractivity contribution in [3.8, 4) is 5.75 Å². The Kier molecular flexibility index (Phi) is 6.75. The van der Waals surface area contributed by atoms with Gasteiger partial charge in [-0.15, -0.1) is 0 Å². The number of aromatic hydroxyl groups is 1. The number of ketones is 3. The minimum atomic E-state index is -2.73. The SMILES string of the molecule is CN(C)c1cc(CNC(N)=O)c(O)c2c1C[C@@H]1C[C@@H]3[C@@H](N(C)C)C(O)C(C(N)=O)C(=O)[C@]3(O)C(=O)C1C2=O. The molecule has 2 saturated carbocycles. The minimum Gasteiger partial charge on any atom is -0.507 e. The van der Waals surface area contributed by atoms with Gasteiger partial charge in [0.2, 0.25) is 5.91 Å². The van der Waals surface area contributed by atoms with E-state index >= 15 is 0 Å². The average Bonchev–Trinajstić information content (AvgIpc) is 2.80. The number of nitrogens with two attached hydrogens (primary N) is 2. The highest BCUT2D eigenvalue weighted by atomic mass is 16.3. The maximum Gasteiger partial charge on any atom is 0.312 e. The molecule has 0 bridgehead atoms. The maximum absolute atomic E-state index is 13.9. The predicted octanol–water partition coefficient (Wildman–Crippen LogP) is -2.11. The summed E-state index contributed by atoms with van der Waals surface area (Å²) in [6, 6.07) is -0.194. The molecule has 3 unspecified atom stereocenters. The number of amides is 3. The van der Waals surface area contributed by atoms with Crippen LogP contribution in [0.15, 0.2) is 6.07 Å². The highest BCUT2D eigenvalue weighted by Crippen LogP contribution is 2.52. The Labute approximate surface area is 218 Å². The van der Waals surface area contributed by atoms with Gasteiger partial charge in [0, 0.05) is 43.9 Å². The summed E-state index contributed by atoms with van der Waals surface area (Å²) in [5.41, 5.74) is 8.94. The second-order valence-electron chi connectivity index (χ2n) is 10.8. The van der Waals surface area contributed by atoms with Crippen LogP contribution in [0.3, 0.4) is 0 Å². The molecule has 0 saturated heterocycles. The van der Waals surface area contributed by atoms with Crippen LogP contribution >= 0.6 is 0 Å². The number of hydrogen-bond acceptors (Lipinski definition) is 10. The zero-order valence-electron chi connectivity index (χ0n) is 21.6. The number of aliphatic hydroxyl groups is 2. The largest absolute Gasteiger partial charge is 0.507 e. The molecule has 0 aliphatic heterocycles. The zero-order chi connectivity index (χ0) is 28.4. The summed E-state index contributed by atoms with van der Waals surface area (Å²) in [7, 11) is 6.65. The van der Waals surface area contributed by atoms with Crippen LogP contribution in [0.5, 0.6) is 5.75 Å². The fourth-order valence-electron chi connectivity index (χ4n) is 6.64. The van der Waals surface area contributed by atoms with Gasteiger partial charge in [0.1, 0.15) is 11.7 Å². The number of primary amides is 2. The quantitative estimate of drug-likeness (QED) is 0.227. The molecule has 1 aromatic carbocycles. The Hall–Kier alpha value is -3.55. The number of phenols is 1. The van der Waals surface area contributed by atoms with Gasteiger partial charge in [-0.1, -0.05) is 0 Å². The Morgan fingerprint density at radius 3 is 2.29 bits per heavy atom. The highest BCUT2D eigenvalue weighted by Gasteiger charge is 2.69. The van der Waals surface area contributed by atoms with Crippen LogP contribution in [0.2, 0.25) is 0 Å². The lowest BCUT2D eigenvalue weighted by Crippen LogP contribution is -2.75. The first-order chi connectivity index (χ1) is 17.6. The lowest BCUT2D eigenvalue weighted by Gasteiger charge is -2.55. The van der Waals surface area contributed by atoms with Crippen molar-refractivity contribution >= 4 is 35.0 Å². The van der Waals surface area contributed by atoms with E-state index in [2.05, 4.69) is 5.32 Å². The highest BCUT2D eigenvalue weighted by molar-refractivity contribution is 6.25. The molecule has 3 amide bonds. The number of likely N-dealkylation sites (N-methyl/N-ethyl adjacent to an activating group) is 1. The van der Waals surface area contributed by atoms with Gasteiger partial charge < -0.3 is 41.9 Å². The van der Waals surface area contributed by atoms with Crippen molar-refractivity contribution in [2.75, 3.05) is 33.1 Å². The summed E-state index contributed by atoms with van der Waals surface area (Å²) < 4.78 is 0. The van der Waals surface area contributed by atoms with Crippen LogP contribution in [-0.2, 0) is 27.3 Å². The lowest BCUT2D eigenvalue weighted by molar-refractivity contribution is -0.190. The van der Waals surface area contributed by atoms with E-state index in [1.807, 2.05) is 0 Å². The van der Waals surface area contributed by atoms with E-state index in [1.54, 1.807) is 39.2 Å². The van der Waals surface area contributed by atoms with Gasteiger partial charge in [0.15, 0.2) is 23.0 Å². The number of urea groups is 1. The number of hydrogen-bond donors (Lipinski definition) is 6. The Morgan fingerprint density at radius 1 is 1.13 bits per heavy atom. The van der Waals surface area contributed by atoms with Crippen molar-refractivity contribution in [3.05, 3.63) is 22.8 Å². The molecule has 7 atom stereocenters. The average molecular weight is 532 g/mol. The summed E-state index contributed by atoms with van der Waals surface area (Å²) in [4.78, 5) is 67.8. The van der Waals surface area contributed by atoms with Gasteiger partial charge in [-0.3, -0.25) is 19.2 Å². The molecule has 3 aliphatic rings. The topological polar surface area (TPSA) is 217 Å². The van der Waals surface area contributed by atoms with Gasteiger partial charge in [-0.25, -0.2) is 4.79 Å². The summed E-state index contributed by atoms with van der Waals surface area (Å²) in [5, 5.41) is 36.0. The third-order valence-corrected chi connectivity index (χ3v) is 8.28. The molecule has 3 aliphatic carbocycles. The van der Waals surface area contributed by atoms with Crippen LogP contribution < -0.4 is 21.7 Å². The first-order valence-electron chi connectivity index (χ1n) is 12.2. The number of phenolic OH excluding ortho intramolecular Hbond substituents is 1. The number of carbonyl (C=O) groups is 5. The van der Waals surface area contributed by atoms with Crippen molar-refractivity contribution in [2.24, 2.45) is 35.1 Å². The Balaban J connectivity index is 1.87. The van der Waals surface area contributed by atoms with Gasteiger partial charge in [-0.2, -0.15) is 0 Å². The van der Waals surface area contributed by atoms with Gasteiger partial charge in [0.05, 0.1) is 17.6 Å². The number of anilines is 1. The summed E-state index contributed by atoms with van der Waals surface area (Å²) >= 11 is 0. The summed E-state index contributed by atoms with van der Waals surface area (Å²) in [6.45, 7) is -0.183. The number of nitrogens with one attached hydrogen (secondary N) is 1. The third kappa shape index (κ3) is 3.84. The second kappa shape index (κ2) is 9.33. The fourth-order valence-corrected chi connectivity index (χ4v) is 6.64. The van der Waals surface area contributed by atoms with E-state index in [0.29, 0.717) is 11.3 Å². The van der Waals surface area contributed by atoms with E-state index in [1.165, 1.54) is 4.90 Å². The molecular formula is C25H33N5O8. The molecule has 13 nitrogen and oxygen atoms in total. The molecule has 0 heterocycles. The Bertz CT molecular complexity index is 1250. The van der Waals surface area contributed by atoms with Crippen LogP contribution in [0.4, 0.5) is 10.5 Å². The van der Waals surface area contributed by atoms with E-state index in [4.69, 9.17) is 11.5 Å². The van der Waals surface area contributed by atoms with Crippen molar-refractivity contribution in [1.82, 2.24) is 10.2 Å². The number of carbonyl (C=O) groups excluding carboxylic acids is 5. The second-order valence-corrected chi connectivity index (χ2v) is 10.8. The van der Waals surface area contributed by atoms with E-state index < -0.39 is 76.5 Å². The number of Topliss-reactive ketones (excluding diaryl/α,β-unsaturated/α-hetero) is 3. The molecule has 0 radical (unpaired) electrons. The molecule has 206 valence electrons. The molecule has 4 rings (SSSR count). The number of nitrogens with zero attached hydrogens (tertiary/aromatic N) is 2.